The minimum Gasteiger partial charge on any atom is -0.389 e. The lowest BCUT2D eigenvalue weighted by atomic mass is 9.49. The van der Waals surface area contributed by atoms with Crippen molar-refractivity contribution >= 4 is 23.0 Å². The molecule has 0 heterocycles. The van der Waals surface area contributed by atoms with Gasteiger partial charge in [0.05, 0.1) is 12.7 Å². The van der Waals surface area contributed by atoms with Gasteiger partial charge in [-0.15, -0.1) is 0 Å². The van der Waals surface area contributed by atoms with Crippen molar-refractivity contribution < 1.29 is 9.84 Å². The lowest BCUT2D eigenvalue weighted by Crippen LogP contribution is -2.46. The molecule has 0 unspecified atom stereocenters. The van der Waals surface area contributed by atoms with Gasteiger partial charge in [-0.1, -0.05) is 18.2 Å². The minimum absolute atomic E-state index is 0.368. The van der Waals surface area contributed by atoms with Crippen molar-refractivity contribution in [2.45, 2.75) is 51.0 Å². The molecule has 0 spiro atoms. The monoisotopic (exact) mass is 388 g/mol. The predicted octanol–water partition coefficient (Wildman–Crippen LogP) is 3.96. The first-order valence-electron chi connectivity index (χ1n) is 10.5. The number of nitrogens with one attached hydrogen (secondary N) is 2. The molecule has 0 saturated heterocycles. The Labute approximate surface area is 168 Å². The Bertz CT molecular complexity index is 601. The molecule has 4 nitrogen and oxygen atoms in total. The number of aliphatic hydroxyl groups is 1. The van der Waals surface area contributed by atoms with Crippen LogP contribution >= 0.6 is 12.2 Å². The van der Waals surface area contributed by atoms with Crippen LogP contribution in [0.15, 0.2) is 30.3 Å². The first kappa shape index (κ1) is 19.2. The van der Waals surface area contributed by atoms with Gasteiger partial charge in [-0.25, -0.2) is 0 Å². The summed E-state index contributed by atoms with van der Waals surface area (Å²) in [7, 11) is 0. The van der Waals surface area contributed by atoms with Gasteiger partial charge in [-0.05, 0) is 92.5 Å². The second-order valence-corrected chi connectivity index (χ2v) is 9.51. The summed E-state index contributed by atoms with van der Waals surface area (Å²) in [4.78, 5) is 0. The summed E-state index contributed by atoms with van der Waals surface area (Å²) in [5, 5.41) is 16.8. The number of anilines is 1. The molecule has 27 heavy (non-hydrogen) atoms. The molecule has 1 aromatic rings. The lowest BCUT2D eigenvalue weighted by molar-refractivity contribution is -0.0728. The Morgan fingerprint density at radius 1 is 1.11 bits per heavy atom. The van der Waals surface area contributed by atoms with Crippen molar-refractivity contribution in [2.75, 3.05) is 25.1 Å². The highest BCUT2D eigenvalue weighted by atomic mass is 32.1. The van der Waals surface area contributed by atoms with Crippen molar-refractivity contribution in [3.05, 3.63) is 30.3 Å². The van der Waals surface area contributed by atoms with Gasteiger partial charge in [0.15, 0.2) is 5.11 Å². The molecule has 5 heteroatoms. The lowest BCUT2D eigenvalue weighted by Gasteiger charge is -2.57. The molecule has 0 aliphatic heterocycles. The number of hydrogen-bond acceptors (Lipinski definition) is 3. The maximum atomic E-state index is 10.1. The highest BCUT2D eigenvalue weighted by molar-refractivity contribution is 7.80. The van der Waals surface area contributed by atoms with E-state index in [0.29, 0.717) is 23.7 Å². The molecule has 4 bridgehead atoms. The van der Waals surface area contributed by atoms with Crippen LogP contribution in [-0.4, -0.2) is 36.1 Å². The fourth-order valence-corrected chi connectivity index (χ4v) is 6.27. The normalized spacial score (nSPS) is 32.3. The molecule has 4 fully saturated rings. The number of aliphatic hydroxyl groups excluding tert-OH is 1. The highest BCUT2D eigenvalue weighted by Gasteiger charge is 2.50. The van der Waals surface area contributed by atoms with Crippen LogP contribution in [0.1, 0.15) is 44.9 Å². The quantitative estimate of drug-likeness (QED) is 0.465. The van der Waals surface area contributed by atoms with Gasteiger partial charge >= 0.3 is 0 Å². The maximum absolute atomic E-state index is 10.1. The van der Waals surface area contributed by atoms with Crippen LogP contribution in [0.5, 0.6) is 0 Å². The summed E-state index contributed by atoms with van der Waals surface area (Å²) in [6.07, 6.45) is 9.36. The van der Waals surface area contributed by atoms with Crippen LogP contribution in [0.3, 0.4) is 0 Å². The van der Waals surface area contributed by atoms with Crippen molar-refractivity contribution in [1.82, 2.24) is 5.32 Å². The van der Waals surface area contributed by atoms with E-state index in [-0.39, 0.29) is 0 Å². The smallest absolute Gasteiger partial charge is 0.170 e. The van der Waals surface area contributed by atoms with E-state index in [4.69, 9.17) is 17.0 Å². The van der Waals surface area contributed by atoms with Gasteiger partial charge in [0, 0.05) is 18.8 Å². The third-order valence-corrected chi connectivity index (χ3v) is 7.03. The molecule has 0 amide bonds. The van der Waals surface area contributed by atoms with E-state index in [1.165, 1.54) is 44.9 Å². The molecule has 5 rings (SSSR count). The third kappa shape index (κ3) is 5.01. The Balaban J connectivity index is 1.11. The zero-order chi connectivity index (χ0) is 18.7. The second-order valence-electron chi connectivity index (χ2n) is 9.10. The number of ether oxygens (including phenoxy) is 1. The number of hydrogen-bond donors (Lipinski definition) is 3. The van der Waals surface area contributed by atoms with E-state index in [9.17, 15) is 5.11 Å². The van der Waals surface area contributed by atoms with Crippen LogP contribution in [0.25, 0.3) is 0 Å². The highest BCUT2D eigenvalue weighted by Crippen LogP contribution is 2.61. The summed E-state index contributed by atoms with van der Waals surface area (Å²) in [6, 6.07) is 9.79. The first-order valence-corrected chi connectivity index (χ1v) is 10.9. The summed E-state index contributed by atoms with van der Waals surface area (Å²) in [5.41, 5.74) is 1.50. The fourth-order valence-electron chi connectivity index (χ4n) is 6.07. The first-order chi connectivity index (χ1) is 13.1. The van der Waals surface area contributed by atoms with E-state index in [0.717, 1.165) is 30.0 Å². The molecule has 1 atom stereocenters. The van der Waals surface area contributed by atoms with E-state index in [1.54, 1.807) is 0 Å². The fraction of sp³-hybridized carbons (Fsp3) is 0.682. The topological polar surface area (TPSA) is 53.5 Å². The van der Waals surface area contributed by atoms with Gasteiger partial charge in [-0.2, -0.15) is 0 Å². The summed E-state index contributed by atoms with van der Waals surface area (Å²) in [6.45, 7) is 1.54. The third-order valence-electron chi connectivity index (χ3n) is 6.78. The number of para-hydroxylation sites is 1. The van der Waals surface area contributed by atoms with Crippen LogP contribution in [-0.2, 0) is 4.74 Å². The molecule has 148 valence electrons. The van der Waals surface area contributed by atoms with Gasteiger partial charge in [0.1, 0.15) is 0 Å². The van der Waals surface area contributed by atoms with Crippen molar-refractivity contribution in [1.29, 1.82) is 0 Å². The van der Waals surface area contributed by atoms with Crippen LogP contribution in [0.2, 0.25) is 0 Å². The molecule has 4 aliphatic rings. The molecule has 0 radical (unpaired) electrons. The van der Waals surface area contributed by atoms with Crippen LogP contribution in [0, 0.1) is 23.2 Å². The molecular weight excluding hydrogens is 356 g/mol. The molecule has 4 aliphatic carbocycles. The average Bonchev–Trinajstić information content (AvgIpc) is 2.63. The van der Waals surface area contributed by atoms with E-state index in [2.05, 4.69) is 10.6 Å². The molecule has 4 saturated carbocycles. The van der Waals surface area contributed by atoms with Gasteiger partial charge < -0.3 is 20.5 Å². The molecule has 0 aromatic heterocycles. The number of thiocarbonyl (C=S) groups is 1. The standard InChI is InChI=1S/C22H32N2O2S/c25-20(14-23-21(27)24-19-4-2-1-3-5-19)15-26-7-6-22-11-16-8-17(12-22)10-18(9-16)13-22/h1-5,16-18,20,25H,6-15H2,(H2,23,24,27)/t16?,17?,18?,20-,22?/m1/s1. The Kier molecular flexibility index (Phi) is 6.00. The SMILES string of the molecule is O[C@H](CNC(=S)Nc1ccccc1)COCCC12CC3CC(CC(C3)C1)C2. The Morgan fingerprint density at radius 2 is 1.74 bits per heavy atom. The second kappa shape index (κ2) is 8.46. The van der Waals surface area contributed by atoms with Crippen LogP contribution < -0.4 is 10.6 Å². The van der Waals surface area contributed by atoms with Crippen LogP contribution in [0.4, 0.5) is 5.69 Å². The minimum atomic E-state index is -0.545. The largest absolute Gasteiger partial charge is 0.389 e. The summed E-state index contributed by atoms with van der Waals surface area (Å²) >= 11 is 5.26. The average molecular weight is 389 g/mol. The van der Waals surface area contributed by atoms with Crippen molar-refractivity contribution in [3.63, 3.8) is 0 Å². The van der Waals surface area contributed by atoms with E-state index in [1.807, 2.05) is 30.3 Å². The van der Waals surface area contributed by atoms with Crippen molar-refractivity contribution in [2.24, 2.45) is 23.2 Å². The van der Waals surface area contributed by atoms with Gasteiger partial charge in [-0.3, -0.25) is 0 Å². The van der Waals surface area contributed by atoms with E-state index >= 15 is 0 Å². The Hall–Kier alpha value is -1.17. The maximum Gasteiger partial charge on any atom is 0.170 e. The van der Waals surface area contributed by atoms with Gasteiger partial charge in [0.2, 0.25) is 0 Å². The molecular formula is C22H32N2O2S. The number of benzene rings is 1. The summed E-state index contributed by atoms with van der Waals surface area (Å²) in [5.74, 6) is 2.97. The zero-order valence-corrected chi connectivity index (χ0v) is 16.8. The van der Waals surface area contributed by atoms with E-state index < -0.39 is 6.10 Å². The van der Waals surface area contributed by atoms with Gasteiger partial charge in [0.25, 0.3) is 0 Å². The number of rotatable bonds is 8. The summed E-state index contributed by atoms with van der Waals surface area (Å²) < 4.78 is 5.83. The van der Waals surface area contributed by atoms with Crippen molar-refractivity contribution in [3.8, 4) is 0 Å². The zero-order valence-electron chi connectivity index (χ0n) is 16.0. The Morgan fingerprint density at radius 3 is 2.37 bits per heavy atom. The predicted molar refractivity (Wildman–Crippen MR) is 113 cm³/mol. The molecule has 1 aromatic carbocycles. The molecule has 3 N–H and O–H groups in total.